The Morgan fingerprint density at radius 1 is 1.59 bits per heavy atom. The Labute approximate surface area is 99.6 Å². The Kier molecular flexibility index (Phi) is 2.82. The van der Waals surface area contributed by atoms with Crippen molar-refractivity contribution >= 4 is 5.97 Å². The molecule has 0 bridgehead atoms. The number of aryl methyl sites for hydroxylation is 2. The molecule has 0 unspecified atom stereocenters. The van der Waals surface area contributed by atoms with Gasteiger partial charge in [-0.3, -0.25) is 9.48 Å². The lowest BCUT2D eigenvalue weighted by molar-refractivity contribution is -0.143. The number of carbonyl (C=O) groups is 1. The van der Waals surface area contributed by atoms with Crippen LogP contribution in [0.2, 0.25) is 0 Å². The van der Waals surface area contributed by atoms with Crippen molar-refractivity contribution in [3.05, 3.63) is 11.4 Å². The van der Waals surface area contributed by atoms with Gasteiger partial charge in [0, 0.05) is 20.1 Å². The largest absolute Gasteiger partial charge is 0.481 e. The lowest BCUT2D eigenvalue weighted by Gasteiger charge is -2.41. The molecule has 1 aliphatic rings. The second-order valence-electron chi connectivity index (χ2n) is 4.58. The van der Waals surface area contributed by atoms with E-state index < -0.39 is 11.6 Å². The van der Waals surface area contributed by atoms with Crippen molar-refractivity contribution in [2.75, 3.05) is 13.1 Å². The molecule has 1 aliphatic heterocycles. The fourth-order valence-corrected chi connectivity index (χ4v) is 2.03. The van der Waals surface area contributed by atoms with E-state index in [1.54, 1.807) is 4.68 Å². The topological polar surface area (TPSA) is 76.4 Å². The normalized spacial score (nSPS) is 17.6. The van der Waals surface area contributed by atoms with Gasteiger partial charge in [-0.2, -0.15) is 5.10 Å². The van der Waals surface area contributed by atoms with Gasteiger partial charge in [-0.1, -0.05) is 0 Å². The van der Waals surface area contributed by atoms with Crippen molar-refractivity contribution < 1.29 is 14.6 Å². The van der Waals surface area contributed by atoms with E-state index in [2.05, 4.69) is 10.4 Å². The second kappa shape index (κ2) is 4.03. The Bertz CT molecular complexity index is 449. The van der Waals surface area contributed by atoms with Crippen molar-refractivity contribution in [1.29, 1.82) is 0 Å². The monoisotopic (exact) mass is 239 g/mol. The number of carboxylic acid groups (broad SMARTS) is 1. The number of nitrogens with one attached hydrogen (secondary N) is 1. The molecular weight excluding hydrogens is 222 g/mol. The molecule has 1 aromatic heterocycles. The zero-order valence-corrected chi connectivity index (χ0v) is 10.3. The van der Waals surface area contributed by atoms with Crippen LogP contribution in [0.25, 0.3) is 0 Å². The molecule has 0 aromatic carbocycles. The summed E-state index contributed by atoms with van der Waals surface area (Å²) in [6.45, 7) is 4.90. The Morgan fingerprint density at radius 3 is 2.59 bits per heavy atom. The highest BCUT2D eigenvalue weighted by Gasteiger charge is 2.42. The molecule has 94 valence electrons. The molecule has 2 heterocycles. The van der Waals surface area contributed by atoms with Crippen molar-refractivity contribution in [3.63, 3.8) is 0 Å². The molecule has 0 radical (unpaired) electrons. The average Bonchev–Trinajstić information content (AvgIpc) is 2.40. The lowest BCUT2D eigenvalue weighted by atomic mass is 9.92. The number of rotatable bonds is 4. The highest BCUT2D eigenvalue weighted by atomic mass is 16.5. The maximum absolute atomic E-state index is 10.8. The smallest absolute Gasteiger partial charge is 0.307 e. The van der Waals surface area contributed by atoms with Crippen LogP contribution in [0.5, 0.6) is 5.75 Å². The van der Waals surface area contributed by atoms with Gasteiger partial charge >= 0.3 is 5.97 Å². The Balaban J connectivity index is 2.21. The zero-order valence-electron chi connectivity index (χ0n) is 10.3. The minimum atomic E-state index is -0.842. The van der Waals surface area contributed by atoms with Gasteiger partial charge in [0.2, 0.25) is 0 Å². The van der Waals surface area contributed by atoms with Gasteiger partial charge in [0.15, 0.2) is 5.75 Å². The van der Waals surface area contributed by atoms with Gasteiger partial charge in [-0.25, -0.2) is 0 Å². The van der Waals surface area contributed by atoms with Crippen LogP contribution in [0.1, 0.15) is 17.8 Å². The van der Waals surface area contributed by atoms with E-state index >= 15 is 0 Å². The van der Waals surface area contributed by atoms with Crippen LogP contribution in [0, 0.1) is 13.8 Å². The zero-order chi connectivity index (χ0) is 12.6. The summed E-state index contributed by atoms with van der Waals surface area (Å²) < 4.78 is 7.65. The fraction of sp³-hybridized carbons (Fsp3) is 0.636. The molecule has 2 N–H and O–H groups in total. The van der Waals surface area contributed by atoms with Gasteiger partial charge < -0.3 is 15.2 Å². The number of aliphatic carboxylic acids is 1. The van der Waals surface area contributed by atoms with Crippen molar-refractivity contribution in [3.8, 4) is 5.75 Å². The molecule has 2 rings (SSSR count). The summed E-state index contributed by atoms with van der Waals surface area (Å²) in [6.07, 6.45) is 0.00771. The summed E-state index contributed by atoms with van der Waals surface area (Å²) in [5.74, 6) is -0.138. The van der Waals surface area contributed by atoms with E-state index in [0.29, 0.717) is 18.8 Å². The molecule has 6 heteroatoms. The predicted octanol–water partition coefficient (Wildman–Crippen LogP) is 0.232. The molecule has 6 nitrogen and oxygen atoms in total. The van der Waals surface area contributed by atoms with Crippen molar-refractivity contribution in [1.82, 2.24) is 15.1 Å². The molecule has 1 fully saturated rings. The summed E-state index contributed by atoms with van der Waals surface area (Å²) in [5, 5.41) is 16.2. The summed E-state index contributed by atoms with van der Waals surface area (Å²) >= 11 is 0. The summed E-state index contributed by atoms with van der Waals surface area (Å²) in [7, 11) is 1.85. The number of carboxylic acids is 1. The molecule has 0 amide bonds. The highest BCUT2D eigenvalue weighted by molar-refractivity contribution is 5.68. The van der Waals surface area contributed by atoms with E-state index in [4.69, 9.17) is 9.84 Å². The SMILES string of the molecule is Cc1nn(C)c(C)c1OC1(CC(=O)O)CNC1. The van der Waals surface area contributed by atoms with Gasteiger partial charge in [0.25, 0.3) is 0 Å². The van der Waals surface area contributed by atoms with Crippen LogP contribution < -0.4 is 10.1 Å². The standard InChI is InChI=1S/C11H17N3O3/c1-7-10(8(2)14(3)13-7)17-11(4-9(15)16)5-12-6-11/h12H,4-6H2,1-3H3,(H,15,16). The fourth-order valence-electron chi connectivity index (χ4n) is 2.03. The Morgan fingerprint density at radius 2 is 2.24 bits per heavy atom. The number of ether oxygens (including phenoxy) is 1. The molecular formula is C11H17N3O3. The van der Waals surface area contributed by atoms with E-state index in [0.717, 1.165) is 11.4 Å². The summed E-state index contributed by atoms with van der Waals surface area (Å²) in [5.41, 5.74) is 1.09. The molecule has 0 atom stereocenters. The molecule has 1 aromatic rings. The molecule has 17 heavy (non-hydrogen) atoms. The van der Waals surface area contributed by atoms with Gasteiger partial charge in [0.1, 0.15) is 11.3 Å². The molecule has 0 spiro atoms. The first kappa shape index (κ1) is 11.9. The average molecular weight is 239 g/mol. The first-order valence-corrected chi connectivity index (χ1v) is 5.55. The number of hydrogen-bond donors (Lipinski definition) is 2. The van der Waals surface area contributed by atoms with Crippen molar-refractivity contribution in [2.24, 2.45) is 7.05 Å². The summed E-state index contributed by atoms with van der Waals surface area (Å²) in [4.78, 5) is 10.8. The third-order valence-electron chi connectivity index (χ3n) is 3.13. The van der Waals surface area contributed by atoms with E-state index in [9.17, 15) is 4.79 Å². The second-order valence-corrected chi connectivity index (χ2v) is 4.58. The van der Waals surface area contributed by atoms with Gasteiger partial charge in [-0.15, -0.1) is 0 Å². The van der Waals surface area contributed by atoms with Crippen LogP contribution >= 0.6 is 0 Å². The number of nitrogens with zero attached hydrogens (tertiary/aromatic N) is 2. The Hall–Kier alpha value is -1.56. The lowest BCUT2D eigenvalue weighted by Crippen LogP contribution is -2.64. The first-order valence-electron chi connectivity index (χ1n) is 5.55. The maximum atomic E-state index is 10.8. The van der Waals surface area contributed by atoms with Crippen LogP contribution in [0.4, 0.5) is 0 Å². The number of aromatic nitrogens is 2. The van der Waals surface area contributed by atoms with Crippen molar-refractivity contribution in [2.45, 2.75) is 25.9 Å². The molecule has 1 saturated heterocycles. The van der Waals surface area contributed by atoms with Gasteiger partial charge in [0.05, 0.1) is 12.1 Å². The van der Waals surface area contributed by atoms with Crippen LogP contribution in [0.15, 0.2) is 0 Å². The van der Waals surface area contributed by atoms with E-state index in [-0.39, 0.29) is 6.42 Å². The van der Waals surface area contributed by atoms with E-state index in [1.165, 1.54) is 0 Å². The van der Waals surface area contributed by atoms with Crippen LogP contribution in [-0.2, 0) is 11.8 Å². The maximum Gasteiger partial charge on any atom is 0.307 e. The summed E-state index contributed by atoms with van der Waals surface area (Å²) in [6, 6.07) is 0. The van der Waals surface area contributed by atoms with E-state index in [1.807, 2.05) is 20.9 Å². The van der Waals surface area contributed by atoms with Crippen LogP contribution in [-0.4, -0.2) is 39.5 Å². The molecule has 0 saturated carbocycles. The third kappa shape index (κ3) is 2.12. The van der Waals surface area contributed by atoms with Gasteiger partial charge in [-0.05, 0) is 13.8 Å². The third-order valence-corrected chi connectivity index (χ3v) is 3.13. The van der Waals surface area contributed by atoms with Crippen LogP contribution in [0.3, 0.4) is 0 Å². The quantitative estimate of drug-likeness (QED) is 0.786. The molecule has 0 aliphatic carbocycles. The highest BCUT2D eigenvalue weighted by Crippen LogP contribution is 2.30. The first-order chi connectivity index (χ1) is 7.93. The minimum absolute atomic E-state index is 0.00771. The predicted molar refractivity (Wildman–Crippen MR) is 61.2 cm³/mol. The minimum Gasteiger partial charge on any atom is -0.481 e. The number of hydrogen-bond acceptors (Lipinski definition) is 4.